The molecule has 0 atom stereocenters. The molecule has 2 rings (SSSR count). The number of allylic oxidation sites excluding steroid dienone is 1. The van der Waals surface area contributed by atoms with E-state index in [-0.39, 0.29) is 18.0 Å². The van der Waals surface area contributed by atoms with Gasteiger partial charge in [-0.1, -0.05) is 55.8 Å². The van der Waals surface area contributed by atoms with Crippen molar-refractivity contribution in [1.29, 1.82) is 0 Å². The molecule has 0 spiro atoms. The molecule has 0 fully saturated rings. The van der Waals surface area contributed by atoms with Crippen molar-refractivity contribution in [2.45, 2.75) is 26.7 Å². The van der Waals surface area contributed by atoms with Gasteiger partial charge in [-0.15, -0.1) is 0 Å². The van der Waals surface area contributed by atoms with Crippen LogP contribution in [-0.2, 0) is 0 Å². The van der Waals surface area contributed by atoms with E-state index in [4.69, 9.17) is 5.73 Å². The quantitative estimate of drug-likeness (QED) is 0.676. The van der Waals surface area contributed by atoms with Crippen LogP contribution < -0.4 is 17.2 Å². The summed E-state index contributed by atoms with van der Waals surface area (Å²) in [5.74, 6) is -0.365. The minimum atomic E-state index is -0.387. The number of nitrogens with one attached hydrogen (secondary N) is 1. The average molecular weight is 355 g/mol. The van der Waals surface area contributed by atoms with Crippen LogP contribution in [0.2, 0.25) is 0 Å². The number of nitrogens with two attached hydrogens (primary N) is 1. The SMILES string of the molecule is C/C=C/c1ccc(C(N)=O)cc1.CCCCNC(=O)c1ccccc1.N. The van der Waals surface area contributed by atoms with Gasteiger partial charge in [0.25, 0.3) is 5.91 Å². The first-order valence-corrected chi connectivity index (χ1v) is 8.44. The molecule has 0 radical (unpaired) electrons. The van der Waals surface area contributed by atoms with Gasteiger partial charge in [-0.3, -0.25) is 9.59 Å². The number of hydrogen-bond acceptors (Lipinski definition) is 3. The Morgan fingerprint density at radius 3 is 2.12 bits per heavy atom. The lowest BCUT2D eigenvalue weighted by Crippen LogP contribution is -2.24. The van der Waals surface area contributed by atoms with Crippen LogP contribution in [0.3, 0.4) is 0 Å². The van der Waals surface area contributed by atoms with Gasteiger partial charge < -0.3 is 17.2 Å². The van der Waals surface area contributed by atoms with Crippen LogP contribution in [-0.4, -0.2) is 18.4 Å². The molecule has 0 heterocycles. The summed E-state index contributed by atoms with van der Waals surface area (Å²) in [5, 5.41) is 2.86. The Labute approximate surface area is 155 Å². The first kappa shape index (κ1) is 23.1. The maximum absolute atomic E-state index is 11.4. The topological polar surface area (TPSA) is 107 Å². The van der Waals surface area contributed by atoms with Gasteiger partial charge >= 0.3 is 0 Å². The molecule has 2 aromatic carbocycles. The minimum absolute atomic E-state index is 0. The summed E-state index contributed by atoms with van der Waals surface area (Å²) in [7, 11) is 0. The summed E-state index contributed by atoms with van der Waals surface area (Å²) in [6.07, 6.45) is 6.05. The van der Waals surface area contributed by atoms with Crippen LogP contribution in [0, 0.1) is 0 Å². The second-order valence-electron chi connectivity index (χ2n) is 5.46. The largest absolute Gasteiger partial charge is 0.366 e. The van der Waals surface area contributed by atoms with Gasteiger partial charge in [0, 0.05) is 17.7 Å². The normalized spacial score (nSPS) is 9.62. The van der Waals surface area contributed by atoms with Gasteiger partial charge in [0.15, 0.2) is 0 Å². The van der Waals surface area contributed by atoms with Gasteiger partial charge in [0.05, 0.1) is 0 Å². The number of unbranched alkanes of at least 4 members (excludes halogenated alkanes) is 1. The number of amides is 2. The van der Waals surface area contributed by atoms with Crippen molar-refractivity contribution < 1.29 is 9.59 Å². The standard InChI is InChI=1S/C11H15NO.C10H11NO.H3N/c1-2-3-9-12-11(13)10-7-5-4-6-8-10;1-2-3-8-4-6-9(7-5-8)10(11)12;/h4-8H,2-3,9H2,1H3,(H,12,13);2-7H,1H3,(H2,11,12);1H3/b;3-2+;. The van der Waals surface area contributed by atoms with Gasteiger partial charge in [-0.05, 0) is 43.2 Å². The summed E-state index contributed by atoms with van der Waals surface area (Å²) in [6.45, 7) is 4.82. The third-order valence-corrected chi connectivity index (χ3v) is 3.41. The van der Waals surface area contributed by atoms with Crippen molar-refractivity contribution in [3.63, 3.8) is 0 Å². The van der Waals surface area contributed by atoms with Crippen LogP contribution in [0.15, 0.2) is 60.7 Å². The molecule has 0 aliphatic heterocycles. The molecule has 2 amide bonds. The predicted molar refractivity (Wildman–Crippen MR) is 108 cm³/mol. The first-order chi connectivity index (χ1) is 12.1. The number of primary amides is 1. The van der Waals surface area contributed by atoms with E-state index in [9.17, 15) is 9.59 Å². The molecule has 0 aromatic heterocycles. The Kier molecular flexibility index (Phi) is 11.9. The summed E-state index contributed by atoms with van der Waals surface area (Å²) in [5.41, 5.74) is 7.43. The fourth-order valence-corrected chi connectivity index (χ4v) is 2.02. The number of carbonyl (C=O) groups is 2. The molecule has 140 valence electrons. The molecule has 5 heteroatoms. The van der Waals surface area contributed by atoms with E-state index in [0.29, 0.717) is 5.56 Å². The zero-order valence-electron chi connectivity index (χ0n) is 15.6. The molecule has 5 nitrogen and oxygen atoms in total. The van der Waals surface area contributed by atoms with E-state index >= 15 is 0 Å². The predicted octanol–water partition coefficient (Wildman–Crippen LogP) is 4.20. The third kappa shape index (κ3) is 8.80. The lowest BCUT2D eigenvalue weighted by Gasteiger charge is -2.02. The zero-order chi connectivity index (χ0) is 18.5. The molecule has 0 unspecified atom stereocenters. The van der Waals surface area contributed by atoms with E-state index in [0.717, 1.165) is 30.5 Å². The Morgan fingerprint density at radius 1 is 1.00 bits per heavy atom. The van der Waals surface area contributed by atoms with Crippen molar-refractivity contribution in [2.75, 3.05) is 6.54 Å². The summed E-state index contributed by atoms with van der Waals surface area (Å²) >= 11 is 0. The second kappa shape index (κ2) is 13.4. The van der Waals surface area contributed by atoms with E-state index in [1.165, 1.54) is 0 Å². The van der Waals surface area contributed by atoms with Gasteiger partial charge in [0.1, 0.15) is 0 Å². The molecule has 0 bridgehead atoms. The highest BCUT2D eigenvalue weighted by Gasteiger charge is 2.01. The van der Waals surface area contributed by atoms with E-state index in [1.54, 1.807) is 12.1 Å². The molecule has 0 saturated carbocycles. The number of benzene rings is 2. The Hall–Kier alpha value is -2.92. The molecule has 0 aliphatic rings. The fourth-order valence-electron chi connectivity index (χ4n) is 2.02. The van der Waals surface area contributed by atoms with Crippen LogP contribution in [0.25, 0.3) is 6.08 Å². The maximum Gasteiger partial charge on any atom is 0.251 e. The lowest BCUT2D eigenvalue weighted by atomic mass is 10.1. The first-order valence-electron chi connectivity index (χ1n) is 8.44. The van der Waals surface area contributed by atoms with Crippen molar-refractivity contribution in [3.8, 4) is 0 Å². The fraction of sp³-hybridized carbons (Fsp3) is 0.238. The van der Waals surface area contributed by atoms with Crippen molar-refractivity contribution in [3.05, 3.63) is 77.4 Å². The Balaban J connectivity index is 0.000000464. The average Bonchev–Trinajstić information content (AvgIpc) is 2.64. The number of rotatable bonds is 6. The van der Waals surface area contributed by atoms with Crippen molar-refractivity contribution >= 4 is 17.9 Å². The molecular weight excluding hydrogens is 326 g/mol. The smallest absolute Gasteiger partial charge is 0.251 e. The van der Waals surface area contributed by atoms with Gasteiger partial charge in [-0.25, -0.2) is 0 Å². The third-order valence-electron chi connectivity index (χ3n) is 3.41. The zero-order valence-corrected chi connectivity index (χ0v) is 15.6. The second-order valence-corrected chi connectivity index (χ2v) is 5.46. The molecule has 26 heavy (non-hydrogen) atoms. The minimum Gasteiger partial charge on any atom is -0.366 e. The monoisotopic (exact) mass is 355 g/mol. The highest BCUT2D eigenvalue weighted by atomic mass is 16.2. The van der Waals surface area contributed by atoms with Crippen molar-refractivity contribution in [1.82, 2.24) is 11.5 Å². The Bertz CT molecular complexity index is 680. The van der Waals surface area contributed by atoms with E-state index in [2.05, 4.69) is 12.2 Å². The van der Waals surface area contributed by atoms with Crippen LogP contribution >= 0.6 is 0 Å². The Morgan fingerprint density at radius 2 is 1.62 bits per heavy atom. The van der Waals surface area contributed by atoms with E-state index in [1.807, 2.05) is 61.5 Å². The molecule has 0 saturated heterocycles. The number of carbonyl (C=O) groups excluding carboxylic acids is 2. The van der Waals surface area contributed by atoms with Crippen molar-refractivity contribution in [2.24, 2.45) is 5.73 Å². The van der Waals surface area contributed by atoms with Crippen LogP contribution in [0.1, 0.15) is 53.0 Å². The molecule has 0 aliphatic carbocycles. The highest BCUT2D eigenvalue weighted by Crippen LogP contribution is 2.05. The van der Waals surface area contributed by atoms with Gasteiger partial charge in [0.2, 0.25) is 5.91 Å². The lowest BCUT2D eigenvalue weighted by molar-refractivity contribution is 0.0951. The summed E-state index contributed by atoms with van der Waals surface area (Å²) in [4.78, 5) is 22.1. The molecule has 2 aromatic rings. The van der Waals surface area contributed by atoms with Gasteiger partial charge in [-0.2, -0.15) is 0 Å². The summed E-state index contributed by atoms with van der Waals surface area (Å²) in [6, 6.07) is 16.4. The number of hydrogen-bond donors (Lipinski definition) is 3. The van der Waals surface area contributed by atoms with Crippen LogP contribution in [0.5, 0.6) is 0 Å². The highest BCUT2D eigenvalue weighted by molar-refractivity contribution is 5.94. The summed E-state index contributed by atoms with van der Waals surface area (Å²) < 4.78 is 0. The van der Waals surface area contributed by atoms with Crippen LogP contribution in [0.4, 0.5) is 0 Å². The molecule has 6 N–H and O–H groups in total. The molecular formula is C21H29N3O2. The maximum atomic E-state index is 11.4. The van der Waals surface area contributed by atoms with E-state index < -0.39 is 0 Å².